The van der Waals surface area contributed by atoms with E-state index in [1.807, 2.05) is 0 Å². The number of hydrogen-bond acceptors (Lipinski definition) is 1. The third kappa shape index (κ3) is 1.59. The highest BCUT2D eigenvalue weighted by atomic mass is 35.5. The second kappa shape index (κ2) is 4.34. The summed E-state index contributed by atoms with van der Waals surface area (Å²) in [5.74, 6) is 2.15. The number of aryl methyl sites for hydroxylation is 1. The van der Waals surface area contributed by atoms with Crippen LogP contribution in [0.15, 0.2) is 24.3 Å². The number of carbonyl (C=O) groups is 1. The fraction of sp³-hybridized carbons (Fsp3) is 0.611. The standard InChI is InChI=1S/C18H21ClO/c1-18-9-8-13-12-5-3-2-4-11(12)6-7-14(13)15(18)10-16(19)17(18)20/h2-5,13-16H,6-10H2,1H3/t13-,14-,15+,16+,18+/m1/s1. The molecular weight excluding hydrogens is 268 g/mol. The lowest BCUT2D eigenvalue weighted by Crippen LogP contribution is -2.42. The number of rotatable bonds is 0. The summed E-state index contributed by atoms with van der Waals surface area (Å²) in [6.07, 6.45) is 5.49. The molecule has 0 bridgehead atoms. The van der Waals surface area contributed by atoms with E-state index in [9.17, 15) is 4.79 Å². The molecule has 0 spiro atoms. The molecule has 1 aromatic rings. The second-order valence-electron chi connectivity index (χ2n) is 7.14. The van der Waals surface area contributed by atoms with E-state index < -0.39 is 0 Å². The van der Waals surface area contributed by atoms with Gasteiger partial charge in [-0.25, -0.2) is 0 Å². The van der Waals surface area contributed by atoms with Gasteiger partial charge in [0, 0.05) is 5.41 Å². The van der Waals surface area contributed by atoms with Gasteiger partial charge in [-0.3, -0.25) is 4.79 Å². The molecule has 3 aliphatic carbocycles. The molecule has 2 fully saturated rings. The summed E-state index contributed by atoms with van der Waals surface area (Å²) in [6, 6.07) is 8.91. The first-order valence-corrected chi connectivity index (χ1v) is 8.31. The lowest BCUT2D eigenvalue weighted by Gasteiger charge is -2.48. The van der Waals surface area contributed by atoms with E-state index in [-0.39, 0.29) is 10.8 Å². The van der Waals surface area contributed by atoms with Crippen LogP contribution in [0.5, 0.6) is 0 Å². The van der Waals surface area contributed by atoms with Crippen LogP contribution < -0.4 is 0 Å². The van der Waals surface area contributed by atoms with E-state index in [0.717, 1.165) is 19.3 Å². The Hall–Kier alpha value is -0.820. The van der Waals surface area contributed by atoms with E-state index >= 15 is 0 Å². The van der Waals surface area contributed by atoms with Gasteiger partial charge in [-0.2, -0.15) is 0 Å². The van der Waals surface area contributed by atoms with Gasteiger partial charge in [-0.05, 0) is 61.0 Å². The van der Waals surface area contributed by atoms with Crippen LogP contribution in [0.25, 0.3) is 0 Å². The molecule has 0 aromatic heterocycles. The van der Waals surface area contributed by atoms with Gasteiger partial charge in [-0.1, -0.05) is 31.2 Å². The normalized spacial score (nSPS) is 42.8. The molecule has 0 radical (unpaired) electrons. The average molecular weight is 289 g/mol. The molecule has 0 saturated heterocycles. The van der Waals surface area contributed by atoms with Gasteiger partial charge in [0.25, 0.3) is 0 Å². The lowest BCUT2D eigenvalue weighted by atomic mass is 9.55. The number of ketones is 1. The minimum atomic E-state index is -0.235. The fourth-order valence-electron chi connectivity index (χ4n) is 5.27. The van der Waals surface area contributed by atoms with Crippen molar-refractivity contribution < 1.29 is 4.79 Å². The van der Waals surface area contributed by atoms with Gasteiger partial charge in [0.1, 0.15) is 0 Å². The highest BCUT2D eigenvalue weighted by molar-refractivity contribution is 6.32. The van der Waals surface area contributed by atoms with Crippen molar-refractivity contribution >= 4 is 17.4 Å². The third-order valence-corrected chi connectivity index (χ3v) is 6.71. The lowest BCUT2D eigenvalue weighted by molar-refractivity contribution is -0.129. The number of halogens is 1. The zero-order valence-electron chi connectivity index (χ0n) is 11.9. The Balaban J connectivity index is 1.74. The van der Waals surface area contributed by atoms with E-state index in [0.29, 0.717) is 23.5 Å². The minimum Gasteiger partial charge on any atom is -0.297 e. The molecule has 3 aliphatic rings. The van der Waals surface area contributed by atoms with Crippen molar-refractivity contribution in [2.24, 2.45) is 17.3 Å². The first kappa shape index (κ1) is 12.9. The zero-order chi connectivity index (χ0) is 13.9. The summed E-state index contributed by atoms with van der Waals surface area (Å²) >= 11 is 6.31. The highest BCUT2D eigenvalue weighted by Crippen LogP contribution is 2.60. The number of hydrogen-bond donors (Lipinski definition) is 0. The number of benzene rings is 1. The summed E-state index contributed by atoms with van der Waals surface area (Å²) in [7, 11) is 0. The Labute approximate surface area is 125 Å². The van der Waals surface area contributed by atoms with Crippen LogP contribution >= 0.6 is 11.6 Å². The quantitative estimate of drug-likeness (QED) is 0.650. The number of alkyl halides is 1. The first-order chi connectivity index (χ1) is 9.61. The molecular formula is C18H21ClO. The third-order valence-electron chi connectivity index (χ3n) is 6.34. The maximum absolute atomic E-state index is 12.4. The summed E-state index contributed by atoms with van der Waals surface area (Å²) in [5.41, 5.74) is 2.94. The van der Waals surface area contributed by atoms with Gasteiger partial charge in [-0.15, -0.1) is 11.6 Å². The van der Waals surface area contributed by atoms with Crippen molar-refractivity contribution in [3.63, 3.8) is 0 Å². The first-order valence-electron chi connectivity index (χ1n) is 7.87. The van der Waals surface area contributed by atoms with Crippen molar-refractivity contribution in [1.82, 2.24) is 0 Å². The molecule has 106 valence electrons. The molecule has 4 rings (SSSR count). The number of Topliss-reactive ketones (excluding diaryl/α,β-unsaturated/α-hetero) is 1. The Bertz CT molecular complexity index is 566. The van der Waals surface area contributed by atoms with E-state index in [1.165, 1.54) is 18.4 Å². The Morgan fingerprint density at radius 3 is 2.90 bits per heavy atom. The topological polar surface area (TPSA) is 17.1 Å². The minimum absolute atomic E-state index is 0.139. The van der Waals surface area contributed by atoms with Gasteiger partial charge in [0.2, 0.25) is 0 Å². The van der Waals surface area contributed by atoms with Crippen LogP contribution in [0, 0.1) is 17.3 Å². The van der Waals surface area contributed by atoms with Gasteiger partial charge in [0.15, 0.2) is 5.78 Å². The molecule has 1 aromatic carbocycles. The number of fused-ring (bicyclic) bond motifs is 5. The number of carbonyl (C=O) groups excluding carboxylic acids is 1. The molecule has 5 atom stereocenters. The molecule has 0 unspecified atom stereocenters. The Kier molecular flexibility index (Phi) is 2.79. The Morgan fingerprint density at radius 2 is 2.05 bits per heavy atom. The van der Waals surface area contributed by atoms with E-state index in [4.69, 9.17) is 11.6 Å². The van der Waals surface area contributed by atoms with Crippen LogP contribution in [0.4, 0.5) is 0 Å². The summed E-state index contributed by atoms with van der Waals surface area (Å²) in [5, 5.41) is -0.235. The molecule has 0 N–H and O–H groups in total. The van der Waals surface area contributed by atoms with Crippen LogP contribution in [0.3, 0.4) is 0 Å². The van der Waals surface area contributed by atoms with Crippen molar-refractivity contribution in [1.29, 1.82) is 0 Å². The molecule has 2 saturated carbocycles. The van der Waals surface area contributed by atoms with Crippen molar-refractivity contribution in [3.05, 3.63) is 35.4 Å². The summed E-state index contributed by atoms with van der Waals surface area (Å²) in [4.78, 5) is 12.4. The summed E-state index contributed by atoms with van der Waals surface area (Å²) < 4.78 is 0. The van der Waals surface area contributed by atoms with E-state index in [1.54, 1.807) is 5.56 Å². The van der Waals surface area contributed by atoms with Crippen molar-refractivity contribution in [2.75, 3.05) is 0 Å². The van der Waals surface area contributed by atoms with Crippen LogP contribution in [-0.4, -0.2) is 11.2 Å². The molecule has 0 heterocycles. The Morgan fingerprint density at radius 1 is 1.25 bits per heavy atom. The molecule has 20 heavy (non-hydrogen) atoms. The largest absolute Gasteiger partial charge is 0.297 e. The van der Waals surface area contributed by atoms with Gasteiger partial charge < -0.3 is 0 Å². The van der Waals surface area contributed by atoms with Crippen molar-refractivity contribution in [3.8, 4) is 0 Å². The smallest absolute Gasteiger partial charge is 0.156 e. The molecule has 1 nitrogen and oxygen atoms in total. The average Bonchev–Trinajstić information content (AvgIpc) is 2.71. The van der Waals surface area contributed by atoms with E-state index in [2.05, 4.69) is 31.2 Å². The van der Waals surface area contributed by atoms with Crippen molar-refractivity contribution in [2.45, 2.75) is 50.3 Å². The summed E-state index contributed by atoms with van der Waals surface area (Å²) in [6.45, 7) is 2.18. The van der Waals surface area contributed by atoms with Gasteiger partial charge in [0.05, 0.1) is 5.38 Å². The highest BCUT2D eigenvalue weighted by Gasteiger charge is 2.57. The van der Waals surface area contributed by atoms with Crippen LogP contribution in [0.2, 0.25) is 0 Å². The monoisotopic (exact) mass is 288 g/mol. The fourth-order valence-corrected chi connectivity index (χ4v) is 5.71. The SMILES string of the molecule is C[C@]12CC[C@@H]3c4ccccc4CC[C@H]3[C@@H]1C[C@H](Cl)C2=O. The van der Waals surface area contributed by atoms with Crippen LogP contribution in [-0.2, 0) is 11.2 Å². The predicted octanol–water partition coefficient (Wildman–Crippen LogP) is 4.33. The predicted molar refractivity (Wildman–Crippen MR) is 81.1 cm³/mol. The molecule has 0 amide bonds. The molecule has 0 aliphatic heterocycles. The maximum atomic E-state index is 12.4. The molecule has 2 heteroatoms. The van der Waals surface area contributed by atoms with Gasteiger partial charge >= 0.3 is 0 Å². The zero-order valence-corrected chi connectivity index (χ0v) is 12.7. The second-order valence-corrected chi connectivity index (χ2v) is 7.66. The van der Waals surface area contributed by atoms with Crippen LogP contribution in [0.1, 0.15) is 49.7 Å². The maximum Gasteiger partial charge on any atom is 0.156 e.